The number of hydrogen-bond acceptors (Lipinski definition) is 3. The summed E-state index contributed by atoms with van der Waals surface area (Å²) < 4.78 is 11.8. The normalized spacial score (nSPS) is 10.7. The van der Waals surface area contributed by atoms with Gasteiger partial charge in [-0.25, -0.2) is 4.79 Å². The molecular weight excluding hydrogens is 368 g/mol. The number of ether oxygens (including phenoxy) is 2. The quantitative estimate of drug-likeness (QED) is 0.575. The lowest BCUT2D eigenvalue weighted by molar-refractivity contribution is 0.0488. The Hall–Kier alpha value is -1.81. The third kappa shape index (κ3) is 6.00. The van der Waals surface area contributed by atoms with Crippen LogP contribution in [0.5, 0.6) is 5.75 Å². The molecule has 0 unspecified atom stereocenters. The molecule has 0 aliphatic rings. The predicted octanol–water partition coefficient (Wildman–Crippen LogP) is 5.27. The van der Waals surface area contributed by atoms with Gasteiger partial charge in [0.1, 0.15) is 5.75 Å². The number of carbonyl (C=O) groups excluding carboxylic acids is 1. The summed E-state index contributed by atoms with van der Waals surface area (Å²) in [6.45, 7) is 5.24. The van der Waals surface area contributed by atoms with E-state index in [4.69, 9.17) is 9.47 Å². The third-order valence-corrected chi connectivity index (χ3v) is 4.21. The molecule has 2 aromatic carbocycles. The van der Waals surface area contributed by atoms with Crippen molar-refractivity contribution in [1.29, 1.82) is 0 Å². The van der Waals surface area contributed by atoms with Gasteiger partial charge in [-0.15, -0.1) is 0 Å². The predicted molar refractivity (Wildman–Crippen MR) is 99.5 cm³/mol. The Kier molecular flexibility index (Phi) is 7.32. The van der Waals surface area contributed by atoms with Gasteiger partial charge in [0.25, 0.3) is 0 Å². The van der Waals surface area contributed by atoms with Gasteiger partial charge in [-0.2, -0.15) is 0 Å². The molecule has 0 radical (unpaired) electrons. The molecule has 0 amide bonds. The van der Waals surface area contributed by atoms with Gasteiger partial charge in [-0.05, 0) is 52.0 Å². The largest absolute Gasteiger partial charge is 0.492 e. The Morgan fingerprint density at radius 3 is 2.50 bits per heavy atom. The molecule has 0 aromatic heterocycles. The van der Waals surface area contributed by atoms with E-state index in [2.05, 4.69) is 41.9 Å². The highest BCUT2D eigenvalue weighted by Gasteiger charge is 2.11. The molecule has 0 aliphatic heterocycles. The van der Waals surface area contributed by atoms with Gasteiger partial charge in [-0.3, -0.25) is 0 Å². The monoisotopic (exact) mass is 390 g/mol. The summed E-state index contributed by atoms with van der Waals surface area (Å²) in [6, 6.07) is 15.5. The summed E-state index contributed by atoms with van der Waals surface area (Å²) in [5, 5.41) is 0. The fourth-order valence-electron chi connectivity index (χ4n) is 2.14. The fraction of sp³-hybridized carbons (Fsp3) is 0.350. The van der Waals surface area contributed by atoms with E-state index in [1.165, 1.54) is 5.56 Å². The van der Waals surface area contributed by atoms with Crippen molar-refractivity contribution in [3.63, 3.8) is 0 Å². The second-order valence-electron chi connectivity index (χ2n) is 6.05. The van der Waals surface area contributed by atoms with Crippen molar-refractivity contribution in [2.24, 2.45) is 5.92 Å². The first-order valence-electron chi connectivity index (χ1n) is 8.19. The van der Waals surface area contributed by atoms with E-state index in [1.54, 1.807) is 18.2 Å². The minimum absolute atomic E-state index is 0.299. The van der Waals surface area contributed by atoms with Crippen LogP contribution in [0, 0.1) is 5.92 Å². The first-order chi connectivity index (χ1) is 11.6. The number of hydrogen-bond donors (Lipinski definition) is 0. The summed E-state index contributed by atoms with van der Waals surface area (Å²) in [7, 11) is 0. The number of benzene rings is 2. The van der Waals surface area contributed by atoms with Crippen molar-refractivity contribution in [1.82, 2.24) is 0 Å². The van der Waals surface area contributed by atoms with Crippen LogP contribution in [0.3, 0.4) is 0 Å². The average Bonchev–Trinajstić information content (AvgIpc) is 2.57. The summed E-state index contributed by atoms with van der Waals surface area (Å²) in [5.74, 6) is 0.946. The van der Waals surface area contributed by atoms with E-state index in [1.807, 2.05) is 18.2 Å². The topological polar surface area (TPSA) is 35.5 Å². The van der Waals surface area contributed by atoms with Gasteiger partial charge in [-0.1, -0.05) is 44.2 Å². The summed E-state index contributed by atoms with van der Waals surface area (Å²) >= 11 is 3.46. The van der Waals surface area contributed by atoms with Crippen LogP contribution in [-0.4, -0.2) is 19.2 Å². The molecule has 0 bridgehead atoms. The van der Waals surface area contributed by atoms with E-state index < -0.39 is 0 Å². The van der Waals surface area contributed by atoms with Crippen LogP contribution >= 0.6 is 15.9 Å². The Labute approximate surface area is 152 Å². The molecule has 4 heteroatoms. The van der Waals surface area contributed by atoms with Crippen LogP contribution in [0.25, 0.3) is 0 Å². The molecule has 128 valence electrons. The number of carbonyl (C=O) groups is 1. The number of esters is 1. The van der Waals surface area contributed by atoms with Crippen LogP contribution in [0.4, 0.5) is 0 Å². The van der Waals surface area contributed by atoms with Gasteiger partial charge in [0, 0.05) is 6.42 Å². The smallest absolute Gasteiger partial charge is 0.338 e. The summed E-state index contributed by atoms with van der Waals surface area (Å²) in [5.41, 5.74) is 1.76. The first-order valence-corrected chi connectivity index (χ1v) is 8.99. The maximum atomic E-state index is 12.0. The molecule has 0 N–H and O–H groups in total. The van der Waals surface area contributed by atoms with Crippen molar-refractivity contribution >= 4 is 21.9 Å². The van der Waals surface area contributed by atoms with E-state index in [0.29, 0.717) is 24.7 Å². The van der Waals surface area contributed by atoms with Crippen molar-refractivity contribution in [2.45, 2.75) is 26.7 Å². The lowest BCUT2D eigenvalue weighted by atomic mass is 10.1. The van der Waals surface area contributed by atoms with Crippen molar-refractivity contribution in [3.05, 3.63) is 64.1 Å². The second kappa shape index (κ2) is 9.48. The number of halogens is 1. The SMILES string of the molecule is CC(C)CCOC(=O)c1ccc(OCCc2ccccc2)c(Br)c1. The summed E-state index contributed by atoms with van der Waals surface area (Å²) in [6.07, 6.45) is 1.71. The van der Waals surface area contributed by atoms with Gasteiger partial charge < -0.3 is 9.47 Å². The van der Waals surface area contributed by atoms with E-state index in [9.17, 15) is 4.79 Å². The van der Waals surface area contributed by atoms with Gasteiger partial charge in [0.05, 0.1) is 23.2 Å². The zero-order valence-electron chi connectivity index (χ0n) is 14.1. The lowest BCUT2D eigenvalue weighted by Gasteiger charge is -2.10. The molecule has 0 fully saturated rings. The van der Waals surface area contributed by atoms with Gasteiger partial charge in [0.15, 0.2) is 0 Å². The van der Waals surface area contributed by atoms with Crippen molar-refractivity contribution in [3.8, 4) is 5.75 Å². The molecule has 2 aromatic rings. The van der Waals surface area contributed by atoms with Crippen LogP contribution in [-0.2, 0) is 11.2 Å². The highest BCUT2D eigenvalue weighted by molar-refractivity contribution is 9.10. The maximum absolute atomic E-state index is 12.0. The first kappa shape index (κ1) is 18.5. The lowest BCUT2D eigenvalue weighted by Crippen LogP contribution is -2.08. The van der Waals surface area contributed by atoms with Gasteiger partial charge >= 0.3 is 5.97 Å². The maximum Gasteiger partial charge on any atom is 0.338 e. The Bertz CT molecular complexity index is 653. The van der Waals surface area contributed by atoms with E-state index in [0.717, 1.165) is 23.1 Å². The van der Waals surface area contributed by atoms with Crippen LogP contribution < -0.4 is 4.74 Å². The Morgan fingerprint density at radius 2 is 1.83 bits per heavy atom. The minimum Gasteiger partial charge on any atom is -0.492 e. The molecular formula is C20H23BrO3. The molecule has 2 rings (SSSR count). The standard InChI is InChI=1S/C20H23BrO3/c1-15(2)10-12-24-20(22)17-8-9-19(18(21)14-17)23-13-11-16-6-4-3-5-7-16/h3-9,14-15H,10-13H2,1-2H3. The van der Waals surface area contributed by atoms with Crippen LogP contribution in [0.15, 0.2) is 53.0 Å². The van der Waals surface area contributed by atoms with Gasteiger partial charge in [0.2, 0.25) is 0 Å². The fourth-order valence-corrected chi connectivity index (χ4v) is 2.63. The van der Waals surface area contributed by atoms with Crippen LogP contribution in [0.1, 0.15) is 36.2 Å². The highest BCUT2D eigenvalue weighted by atomic mass is 79.9. The molecule has 3 nitrogen and oxygen atoms in total. The second-order valence-corrected chi connectivity index (χ2v) is 6.90. The molecule has 0 aliphatic carbocycles. The summed E-state index contributed by atoms with van der Waals surface area (Å²) in [4.78, 5) is 12.0. The molecule has 24 heavy (non-hydrogen) atoms. The third-order valence-electron chi connectivity index (χ3n) is 3.59. The van der Waals surface area contributed by atoms with Crippen molar-refractivity contribution < 1.29 is 14.3 Å². The Balaban J connectivity index is 1.86. The zero-order chi connectivity index (χ0) is 17.4. The molecule has 0 heterocycles. The van der Waals surface area contributed by atoms with Crippen LogP contribution in [0.2, 0.25) is 0 Å². The van der Waals surface area contributed by atoms with E-state index >= 15 is 0 Å². The molecule has 0 saturated carbocycles. The van der Waals surface area contributed by atoms with Crippen molar-refractivity contribution in [2.75, 3.05) is 13.2 Å². The average molecular weight is 391 g/mol. The zero-order valence-corrected chi connectivity index (χ0v) is 15.7. The number of rotatable bonds is 8. The molecule has 0 spiro atoms. The molecule has 0 atom stereocenters. The van der Waals surface area contributed by atoms with E-state index in [-0.39, 0.29) is 5.97 Å². The highest BCUT2D eigenvalue weighted by Crippen LogP contribution is 2.26. The minimum atomic E-state index is -0.299. The Morgan fingerprint density at radius 1 is 1.08 bits per heavy atom. The molecule has 0 saturated heterocycles.